The van der Waals surface area contributed by atoms with Crippen LogP contribution in [0.15, 0.2) is 72.8 Å². The summed E-state index contributed by atoms with van der Waals surface area (Å²) in [5, 5.41) is 7.47. The maximum absolute atomic E-state index is 5.11. The lowest BCUT2D eigenvalue weighted by Gasteiger charge is -2.17. The van der Waals surface area contributed by atoms with E-state index in [4.69, 9.17) is 9.97 Å². The Labute approximate surface area is 281 Å². The van der Waals surface area contributed by atoms with Crippen molar-refractivity contribution < 1.29 is 0 Å². The van der Waals surface area contributed by atoms with E-state index < -0.39 is 0 Å². The number of hydrogen-bond donors (Lipinski definition) is 4. The molecule has 4 aromatic carbocycles. The van der Waals surface area contributed by atoms with Crippen LogP contribution in [0.3, 0.4) is 0 Å². The number of nitrogens with zero attached hydrogens (tertiary/aromatic N) is 2. The molecule has 2 atom stereocenters. The van der Waals surface area contributed by atoms with Gasteiger partial charge in [0.15, 0.2) is 0 Å². The Hall–Kier alpha value is -4.26. The van der Waals surface area contributed by atoms with Crippen LogP contribution in [0.2, 0.25) is 0 Å². The minimum absolute atomic E-state index is 0.353. The van der Waals surface area contributed by atoms with Gasteiger partial charge < -0.3 is 20.6 Å². The Morgan fingerprint density at radius 1 is 0.521 bits per heavy atom. The van der Waals surface area contributed by atoms with E-state index in [9.17, 15) is 0 Å². The third kappa shape index (κ3) is 4.67. The molecule has 2 saturated carbocycles. The van der Waals surface area contributed by atoms with Gasteiger partial charge in [0.2, 0.25) is 0 Å². The zero-order chi connectivity index (χ0) is 31.5. The molecule has 4 fully saturated rings. The number of nitrogens with one attached hydrogen (secondary N) is 4. The number of rotatable bonds is 4. The molecule has 6 nitrogen and oxygen atoms in total. The molecular formula is C42H42N6. The molecule has 14 rings (SSSR count). The highest BCUT2D eigenvalue weighted by Gasteiger charge is 2.50. The normalized spacial score (nSPS) is 23.4. The van der Waals surface area contributed by atoms with Crippen molar-refractivity contribution in [3.8, 4) is 22.3 Å². The van der Waals surface area contributed by atoms with E-state index in [0.717, 1.165) is 72.5 Å². The Morgan fingerprint density at radius 3 is 1.69 bits per heavy atom. The van der Waals surface area contributed by atoms with E-state index >= 15 is 0 Å². The van der Waals surface area contributed by atoms with Crippen molar-refractivity contribution in [2.24, 2.45) is 10.8 Å². The number of fused-ring (bicyclic) bond motifs is 2. The predicted octanol–water partition coefficient (Wildman–Crippen LogP) is 8.29. The molecule has 1 unspecified atom stereocenters. The summed E-state index contributed by atoms with van der Waals surface area (Å²) in [5.74, 6) is 2.20. The molecular weight excluding hydrogens is 589 g/mol. The van der Waals surface area contributed by atoms with Gasteiger partial charge in [0.1, 0.15) is 11.6 Å². The molecule has 2 aromatic heterocycles. The van der Waals surface area contributed by atoms with Crippen molar-refractivity contribution in [2.75, 3.05) is 13.1 Å². The van der Waals surface area contributed by atoms with Gasteiger partial charge >= 0.3 is 0 Å². The first-order valence-corrected chi connectivity index (χ1v) is 18.3. The van der Waals surface area contributed by atoms with Gasteiger partial charge in [-0.3, -0.25) is 0 Å². The van der Waals surface area contributed by atoms with E-state index in [1.165, 1.54) is 83.0 Å². The fourth-order valence-corrected chi connectivity index (χ4v) is 9.15. The van der Waals surface area contributed by atoms with Crippen LogP contribution in [0, 0.1) is 10.8 Å². The molecule has 0 amide bonds. The first-order chi connectivity index (χ1) is 23.6. The van der Waals surface area contributed by atoms with Crippen LogP contribution < -0.4 is 10.6 Å². The van der Waals surface area contributed by atoms with Crippen LogP contribution in [0.4, 0.5) is 0 Å². The summed E-state index contributed by atoms with van der Waals surface area (Å²) in [6.45, 7) is 2.28. The molecule has 240 valence electrons. The van der Waals surface area contributed by atoms with E-state index in [2.05, 4.69) is 93.4 Å². The quantitative estimate of drug-likeness (QED) is 0.158. The molecule has 2 saturated heterocycles. The average molecular weight is 631 g/mol. The number of benzene rings is 4. The van der Waals surface area contributed by atoms with Gasteiger partial charge in [-0.05, 0) is 144 Å². The van der Waals surface area contributed by atoms with Crippen LogP contribution in [0.5, 0.6) is 0 Å². The molecule has 4 bridgehead atoms. The van der Waals surface area contributed by atoms with Crippen LogP contribution in [0.1, 0.15) is 84.5 Å². The van der Waals surface area contributed by atoms with E-state index in [-0.39, 0.29) is 0 Å². The number of aromatic nitrogens is 4. The second kappa shape index (κ2) is 10.1. The number of aryl methyl sites for hydroxylation is 4. The smallest absolute Gasteiger partial charge is 0.124 e. The monoisotopic (exact) mass is 630 g/mol. The minimum Gasteiger partial charge on any atom is -0.341 e. The second-order valence-electron chi connectivity index (χ2n) is 16.0. The molecule has 2 spiro atoms. The van der Waals surface area contributed by atoms with Crippen LogP contribution in [0.25, 0.3) is 44.3 Å². The Bertz CT molecular complexity index is 2090. The number of H-pyrrole nitrogens is 2. The van der Waals surface area contributed by atoms with Gasteiger partial charge in [-0.25, -0.2) is 9.97 Å². The number of aromatic amines is 2. The van der Waals surface area contributed by atoms with Crippen molar-refractivity contribution in [1.29, 1.82) is 0 Å². The van der Waals surface area contributed by atoms with Gasteiger partial charge in [0, 0.05) is 13.1 Å². The molecule has 2 aliphatic heterocycles. The first-order valence-electron chi connectivity index (χ1n) is 18.3. The van der Waals surface area contributed by atoms with E-state index in [0.29, 0.717) is 22.9 Å². The standard InChI is InChI=1S/C42H42N6/c1-5-27-8-4-26-2-6-28(32(18-26)30-10-12-34-36(20-30)48-40(46-34)38-22-42(15-16-42)24-44-38)7-3-25(1)17-31(27)29-9-11-33-35(19-29)47-39(45-33)37-21-41(13-14-41)23-43-37/h1-2,5-6,9-12,17-20,37-38,43-44H,3-4,7-8,13-16,21-24H2,(H,45,47)(H,46,48)/t37-,38?/m0/s1. The summed E-state index contributed by atoms with van der Waals surface area (Å²) in [6.07, 6.45) is 11.9. The maximum Gasteiger partial charge on any atom is 0.124 e. The Kier molecular flexibility index (Phi) is 5.84. The van der Waals surface area contributed by atoms with Gasteiger partial charge in [-0.2, -0.15) is 0 Å². The van der Waals surface area contributed by atoms with Crippen molar-refractivity contribution in [3.63, 3.8) is 0 Å². The molecule has 48 heavy (non-hydrogen) atoms. The fraction of sp³-hybridized carbons (Fsp3) is 0.381. The summed E-state index contributed by atoms with van der Waals surface area (Å²) in [5.41, 5.74) is 16.4. The van der Waals surface area contributed by atoms with Gasteiger partial charge in [-0.1, -0.05) is 48.5 Å². The van der Waals surface area contributed by atoms with Gasteiger partial charge in [0.25, 0.3) is 0 Å². The molecule has 4 N–H and O–H groups in total. The van der Waals surface area contributed by atoms with Crippen molar-refractivity contribution >= 4 is 22.1 Å². The van der Waals surface area contributed by atoms with Crippen molar-refractivity contribution in [2.45, 2.75) is 76.3 Å². The SMILES string of the molecule is c1cc2c(-c3ccc4[nH]c([C@@H]5CC6(CC6)CN5)nc4c3)cc1CCc1ccc(cc1-c1ccc3nc(C4CC5(CC5)CN4)[nH]c3c1)CC2. The second-order valence-corrected chi connectivity index (χ2v) is 16.0. The maximum atomic E-state index is 5.11. The molecule has 0 radical (unpaired) electrons. The average Bonchev–Trinajstić information content (AvgIpc) is 3.72. The predicted molar refractivity (Wildman–Crippen MR) is 192 cm³/mol. The van der Waals surface area contributed by atoms with Crippen molar-refractivity contribution in [3.05, 3.63) is 107 Å². The van der Waals surface area contributed by atoms with E-state index in [1.807, 2.05) is 0 Å². The fourth-order valence-electron chi connectivity index (χ4n) is 9.15. The summed E-state index contributed by atoms with van der Waals surface area (Å²) >= 11 is 0. The molecule has 6 aromatic rings. The molecule has 8 aliphatic rings. The lowest BCUT2D eigenvalue weighted by Crippen LogP contribution is -2.14. The lowest BCUT2D eigenvalue weighted by molar-refractivity contribution is 0.543. The van der Waals surface area contributed by atoms with Crippen LogP contribution in [-0.2, 0) is 25.7 Å². The summed E-state index contributed by atoms with van der Waals surface area (Å²) in [4.78, 5) is 17.5. The lowest BCUT2D eigenvalue weighted by atomic mass is 9.87. The van der Waals surface area contributed by atoms with E-state index in [1.54, 1.807) is 0 Å². The van der Waals surface area contributed by atoms with Crippen LogP contribution in [-0.4, -0.2) is 33.0 Å². The summed E-state index contributed by atoms with van der Waals surface area (Å²) < 4.78 is 0. The van der Waals surface area contributed by atoms with Crippen LogP contribution >= 0.6 is 0 Å². The molecule has 4 heterocycles. The highest BCUT2D eigenvalue weighted by atomic mass is 15.1. The Morgan fingerprint density at radius 2 is 1.08 bits per heavy atom. The third-order valence-electron chi connectivity index (χ3n) is 12.6. The molecule has 6 aliphatic carbocycles. The first kappa shape index (κ1) is 27.7. The topological polar surface area (TPSA) is 81.4 Å². The van der Waals surface area contributed by atoms with Gasteiger partial charge in [0.05, 0.1) is 34.2 Å². The zero-order valence-corrected chi connectivity index (χ0v) is 27.5. The minimum atomic E-state index is 0.353. The Balaban J connectivity index is 0.887. The molecule has 6 heteroatoms. The third-order valence-corrected chi connectivity index (χ3v) is 12.6. The number of hydrogen-bond acceptors (Lipinski definition) is 4. The van der Waals surface area contributed by atoms with Crippen molar-refractivity contribution in [1.82, 2.24) is 30.6 Å². The summed E-state index contributed by atoms with van der Waals surface area (Å²) in [6, 6.07) is 28.8. The highest BCUT2D eigenvalue weighted by Crippen LogP contribution is 2.55. The summed E-state index contributed by atoms with van der Waals surface area (Å²) in [7, 11) is 0. The number of imidazole rings is 2. The van der Waals surface area contributed by atoms with Gasteiger partial charge in [-0.15, -0.1) is 0 Å². The zero-order valence-electron chi connectivity index (χ0n) is 27.5. The largest absolute Gasteiger partial charge is 0.341 e. The highest BCUT2D eigenvalue weighted by molar-refractivity contribution is 5.84.